The Labute approximate surface area is 121 Å². The third-order valence-corrected chi connectivity index (χ3v) is 3.70. The van der Waals surface area contributed by atoms with Crippen LogP contribution in [0.25, 0.3) is 0 Å². The third-order valence-electron chi connectivity index (χ3n) is 2.44. The fraction of sp³-hybridized carbons (Fsp3) is 0.231. The summed E-state index contributed by atoms with van der Waals surface area (Å²) in [6.07, 6.45) is 1.84. The molecule has 0 aliphatic heterocycles. The highest BCUT2D eigenvalue weighted by molar-refractivity contribution is 7.99. The minimum absolute atomic E-state index is 0.375. The summed E-state index contributed by atoms with van der Waals surface area (Å²) in [7, 11) is 1.92. The van der Waals surface area contributed by atoms with Crippen molar-refractivity contribution in [2.45, 2.75) is 11.8 Å². The second-order valence-electron chi connectivity index (χ2n) is 3.80. The summed E-state index contributed by atoms with van der Waals surface area (Å²) in [5.74, 6) is 2.35. The highest BCUT2D eigenvalue weighted by atomic mass is 35.5. The van der Waals surface area contributed by atoms with E-state index in [0.29, 0.717) is 11.6 Å². The summed E-state index contributed by atoms with van der Waals surface area (Å²) >= 11 is 7.40. The van der Waals surface area contributed by atoms with Crippen LogP contribution in [0.1, 0.15) is 5.82 Å². The van der Waals surface area contributed by atoms with Crippen LogP contribution in [-0.2, 0) is 13.7 Å². The number of hydrogen-bond donors (Lipinski definition) is 0. The van der Waals surface area contributed by atoms with Crippen molar-refractivity contribution < 1.29 is 4.74 Å². The van der Waals surface area contributed by atoms with E-state index < -0.39 is 0 Å². The van der Waals surface area contributed by atoms with Gasteiger partial charge in [-0.3, -0.25) is 0 Å². The molecule has 1 aromatic heterocycles. The van der Waals surface area contributed by atoms with Crippen molar-refractivity contribution in [1.29, 1.82) is 0 Å². The molecule has 0 saturated heterocycles. The first-order valence-electron chi connectivity index (χ1n) is 5.71. The maximum absolute atomic E-state index is 5.81. The molecule has 2 aromatic rings. The van der Waals surface area contributed by atoms with Gasteiger partial charge < -0.3 is 9.30 Å². The van der Waals surface area contributed by atoms with E-state index in [4.69, 9.17) is 16.3 Å². The van der Waals surface area contributed by atoms with Gasteiger partial charge in [0.15, 0.2) is 11.0 Å². The zero-order valence-electron chi connectivity index (χ0n) is 10.5. The van der Waals surface area contributed by atoms with E-state index in [-0.39, 0.29) is 0 Å². The molecule has 0 aliphatic carbocycles. The zero-order chi connectivity index (χ0) is 13.7. The van der Waals surface area contributed by atoms with Gasteiger partial charge >= 0.3 is 0 Å². The molecule has 1 heterocycles. The number of ether oxygens (including phenoxy) is 1. The van der Waals surface area contributed by atoms with E-state index in [2.05, 4.69) is 16.8 Å². The van der Waals surface area contributed by atoms with Crippen molar-refractivity contribution in [1.82, 2.24) is 14.8 Å². The Morgan fingerprint density at radius 2 is 2.11 bits per heavy atom. The van der Waals surface area contributed by atoms with Crippen molar-refractivity contribution >= 4 is 23.4 Å². The van der Waals surface area contributed by atoms with Gasteiger partial charge in [0.2, 0.25) is 0 Å². The predicted molar refractivity (Wildman–Crippen MR) is 77.7 cm³/mol. The molecule has 0 N–H and O–H groups in total. The maximum atomic E-state index is 5.81. The van der Waals surface area contributed by atoms with Gasteiger partial charge in [-0.25, -0.2) is 0 Å². The summed E-state index contributed by atoms with van der Waals surface area (Å²) < 4.78 is 7.56. The number of aromatic nitrogens is 3. The molecule has 0 bridgehead atoms. The van der Waals surface area contributed by atoms with Crippen LogP contribution in [0.2, 0.25) is 5.02 Å². The highest BCUT2D eigenvalue weighted by Gasteiger charge is 2.09. The van der Waals surface area contributed by atoms with Crippen LogP contribution in [0.3, 0.4) is 0 Å². The number of nitrogens with zero attached hydrogens (tertiary/aromatic N) is 3. The topological polar surface area (TPSA) is 39.9 Å². The van der Waals surface area contributed by atoms with Crippen LogP contribution in [0.4, 0.5) is 0 Å². The molecule has 0 spiro atoms. The normalized spacial score (nSPS) is 10.4. The average molecular weight is 296 g/mol. The molecule has 0 radical (unpaired) electrons. The van der Waals surface area contributed by atoms with Gasteiger partial charge in [0.1, 0.15) is 12.4 Å². The lowest BCUT2D eigenvalue weighted by Crippen LogP contribution is -2.04. The Morgan fingerprint density at radius 1 is 1.37 bits per heavy atom. The maximum Gasteiger partial charge on any atom is 0.191 e. The quantitative estimate of drug-likeness (QED) is 0.605. The van der Waals surface area contributed by atoms with Crippen LogP contribution >= 0.6 is 23.4 Å². The Hall–Kier alpha value is -1.46. The number of thioether (sulfide) groups is 1. The molecule has 100 valence electrons. The van der Waals surface area contributed by atoms with E-state index in [1.807, 2.05) is 29.8 Å². The van der Waals surface area contributed by atoms with E-state index in [9.17, 15) is 0 Å². The smallest absolute Gasteiger partial charge is 0.191 e. The van der Waals surface area contributed by atoms with E-state index in [1.165, 1.54) is 0 Å². The number of rotatable bonds is 6. The fourth-order valence-electron chi connectivity index (χ4n) is 1.41. The first kappa shape index (κ1) is 14.0. The minimum atomic E-state index is 0.375. The molecule has 0 saturated carbocycles. The van der Waals surface area contributed by atoms with Crippen molar-refractivity contribution in [3.63, 3.8) is 0 Å². The molecule has 6 heteroatoms. The summed E-state index contributed by atoms with van der Waals surface area (Å²) in [5, 5.41) is 9.76. The largest absolute Gasteiger partial charge is 0.486 e. The molecule has 0 amide bonds. The Bertz CT molecular complexity index is 554. The Morgan fingerprint density at radius 3 is 2.79 bits per heavy atom. The van der Waals surface area contributed by atoms with Crippen LogP contribution < -0.4 is 4.74 Å². The SMILES string of the molecule is C=CCSc1nnc(COc2ccc(Cl)cc2)n1C. The van der Waals surface area contributed by atoms with E-state index in [1.54, 1.807) is 23.9 Å². The molecule has 0 fully saturated rings. The first-order valence-corrected chi connectivity index (χ1v) is 7.07. The van der Waals surface area contributed by atoms with Gasteiger partial charge in [-0.2, -0.15) is 0 Å². The van der Waals surface area contributed by atoms with Crippen LogP contribution in [-0.4, -0.2) is 20.5 Å². The fourth-order valence-corrected chi connectivity index (χ4v) is 2.20. The van der Waals surface area contributed by atoms with Crippen LogP contribution in [0.5, 0.6) is 5.75 Å². The second-order valence-corrected chi connectivity index (χ2v) is 5.22. The summed E-state index contributed by atoms with van der Waals surface area (Å²) in [6.45, 7) is 4.06. The van der Waals surface area contributed by atoms with Crippen molar-refractivity contribution in [2.24, 2.45) is 7.05 Å². The van der Waals surface area contributed by atoms with Crippen molar-refractivity contribution in [3.05, 3.63) is 47.8 Å². The lowest BCUT2D eigenvalue weighted by molar-refractivity contribution is 0.290. The second kappa shape index (κ2) is 6.63. The molecular formula is C13H14ClN3OS. The Kier molecular flexibility index (Phi) is 4.87. The van der Waals surface area contributed by atoms with Crippen molar-refractivity contribution in [3.8, 4) is 5.75 Å². The highest BCUT2D eigenvalue weighted by Crippen LogP contribution is 2.18. The molecule has 19 heavy (non-hydrogen) atoms. The molecular weight excluding hydrogens is 282 g/mol. The van der Waals surface area contributed by atoms with E-state index >= 15 is 0 Å². The molecule has 4 nitrogen and oxygen atoms in total. The lowest BCUT2D eigenvalue weighted by atomic mass is 10.3. The summed E-state index contributed by atoms with van der Waals surface area (Å²) in [6, 6.07) is 7.23. The molecule has 1 aromatic carbocycles. The molecule has 0 atom stereocenters. The van der Waals surface area contributed by atoms with Gasteiger partial charge in [0, 0.05) is 17.8 Å². The monoisotopic (exact) mass is 295 g/mol. The molecule has 2 rings (SSSR count). The van der Waals surface area contributed by atoms with Gasteiger partial charge in [-0.05, 0) is 24.3 Å². The standard InChI is InChI=1S/C13H14ClN3OS/c1-3-8-19-13-16-15-12(17(13)2)9-18-11-6-4-10(14)5-7-11/h3-7H,1,8-9H2,2H3. The van der Waals surface area contributed by atoms with Gasteiger partial charge in [0.05, 0.1) is 0 Å². The Balaban J connectivity index is 1.97. The summed E-state index contributed by atoms with van der Waals surface area (Å²) in [4.78, 5) is 0. The van der Waals surface area contributed by atoms with Crippen LogP contribution in [0.15, 0.2) is 42.1 Å². The van der Waals surface area contributed by atoms with Gasteiger partial charge in [-0.1, -0.05) is 29.4 Å². The van der Waals surface area contributed by atoms with Crippen molar-refractivity contribution in [2.75, 3.05) is 5.75 Å². The predicted octanol–water partition coefficient (Wildman–Crippen LogP) is 3.33. The third kappa shape index (κ3) is 3.75. The average Bonchev–Trinajstić information content (AvgIpc) is 2.77. The number of benzene rings is 1. The van der Waals surface area contributed by atoms with E-state index in [0.717, 1.165) is 22.5 Å². The first-order chi connectivity index (χ1) is 9.20. The number of hydrogen-bond acceptors (Lipinski definition) is 4. The molecule has 0 aliphatic rings. The summed E-state index contributed by atoms with van der Waals surface area (Å²) in [5.41, 5.74) is 0. The zero-order valence-corrected chi connectivity index (χ0v) is 12.1. The van der Waals surface area contributed by atoms with Gasteiger partial charge in [-0.15, -0.1) is 16.8 Å². The minimum Gasteiger partial charge on any atom is -0.486 e. The van der Waals surface area contributed by atoms with Gasteiger partial charge in [0.25, 0.3) is 0 Å². The van der Waals surface area contributed by atoms with Crippen LogP contribution in [0, 0.1) is 0 Å². The number of halogens is 1. The molecule has 0 unspecified atom stereocenters. The lowest BCUT2D eigenvalue weighted by Gasteiger charge is -2.06.